The van der Waals surface area contributed by atoms with Crippen LogP contribution in [0.15, 0.2) is 6.07 Å². The zero-order valence-corrected chi connectivity index (χ0v) is 11.4. The smallest absolute Gasteiger partial charge is 0.171 e. The Balaban J connectivity index is 2.22. The molecule has 94 valence electrons. The second kappa shape index (κ2) is 4.03. The number of quaternary nitrogens is 1. The third-order valence-corrected chi connectivity index (χ3v) is 4.71. The van der Waals surface area contributed by atoms with Crippen molar-refractivity contribution in [2.45, 2.75) is 19.9 Å². The first kappa shape index (κ1) is 11.6. The molecule has 1 aliphatic heterocycles. The summed E-state index contributed by atoms with van der Waals surface area (Å²) < 4.78 is 0. The van der Waals surface area contributed by atoms with Crippen LogP contribution in [-0.4, -0.2) is 24.4 Å². The summed E-state index contributed by atoms with van der Waals surface area (Å²) >= 11 is 1.41. The largest absolute Gasteiger partial charge is 0.397 e. The number of carbonyl (C=O) groups excluding carboxylic acids is 1. The summed E-state index contributed by atoms with van der Waals surface area (Å²) in [4.78, 5) is 19.2. The Labute approximate surface area is 109 Å². The van der Waals surface area contributed by atoms with Crippen LogP contribution in [0.1, 0.15) is 27.9 Å². The molecule has 0 bridgehead atoms. The number of aromatic nitrogens is 1. The number of likely N-dealkylation sites (N-methyl/N-ethyl adjacent to an activating group) is 1. The van der Waals surface area contributed by atoms with Crippen LogP contribution in [-0.2, 0) is 13.0 Å². The highest BCUT2D eigenvalue weighted by atomic mass is 32.1. The summed E-state index contributed by atoms with van der Waals surface area (Å²) in [6, 6.07) is 2.12. The first-order valence-corrected chi connectivity index (χ1v) is 6.91. The van der Waals surface area contributed by atoms with Crippen molar-refractivity contribution in [1.82, 2.24) is 4.98 Å². The van der Waals surface area contributed by atoms with Gasteiger partial charge in [-0.05, 0) is 6.07 Å². The highest BCUT2D eigenvalue weighted by Crippen LogP contribution is 2.34. The van der Waals surface area contributed by atoms with E-state index in [2.05, 4.69) is 18.1 Å². The van der Waals surface area contributed by atoms with Crippen molar-refractivity contribution in [1.29, 1.82) is 0 Å². The van der Waals surface area contributed by atoms with Gasteiger partial charge in [-0.15, -0.1) is 11.3 Å². The third kappa shape index (κ3) is 1.71. The van der Waals surface area contributed by atoms with E-state index in [1.165, 1.54) is 27.5 Å². The highest BCUT2D eigenvalue weighted by molar-refractivity contribution is 7.21. The van der Waals surface area contributed by atoms with Crippen LogP contribution >= 0.6 is 11.3 Å². The van der Waals surface area contributed by atoms with Crippen LogP contribution < -0.4 is 10.6 Å². The second-order valence-electron chi connectivity index (χ2n) is 4.98. The molecule has 3 rings (SSSR count). The van der Waals surface area contributed by atoms with Crippen LogP contribution in [0.25, 0.3) is 10.2 Å². The van der Waals surface area contributed by atoms with E-state index in [9.17, 15) is 4.79 Å². The van der Waals surface area contributed by atoms with Crippen molar-refractivity contribution in [3.05, 3.63) is 22.2 Å². The van der Waals surface area contributed by atoms with Gasteiger partial charge >= 0.3 is 0 Å². The molecule has 1 aliphatic rings. The first-order chi connectivity index (χ1) is 8.56. The van der Waals surface area contributed by atoms with Crippen LogP contribution in [0.4, 0.5) is 5.69 Å². The van der Waals surface area contributed by atoms with E-state index < -0.39 is 0 Å². The number of fused-ring (bicyclic) bond motifs is 2. The van der Waals surface area contributed by atoms with Crippen molar-refractivity contribution in [3.63, 3.8) is 0 Å². The molecular weight excluding hydrogens is 246 g/mol. The zero-order chi connectivity index (χ0) is 12.9. The number of rotatable bonds is 1. The van der Waals surface area contributed by atoms with Gasteiger partial charge in [0.05, 0.1) is 29.9 Å². The highest BCUT2D eigenvalue weighted by Gasteiger charge is 2.21. The van der Waals surface area contributed by atoms with E-state index in [-0.39, 0.29) is 5.78 Å². The Morgan fingerprint density at radius 1 is 1.56 bits per heavy atom. The second-order valence-corrected chi connectivity index (χ2v) is 5.98. The van der Waals surface area contributed by atoms with Crippen LogP contribution in [0.3, 0.4) is 0 Å². The number of hydrogen-bond acceptors (Lipinski definition) is 4. The molecule has 0 spiro atoms. The quantitative estimate of drug-likeness (QED) is 0.742. The monoisotopic (exact) mass is 262 g/mol. The van der Waals surface area contributed by atoms with Crippen molar-refractivity contribution >= 4 is 33.0 Å². The molecule has 2 aromatic heterocycles. The zero-order valence-electron chi connectivity index (χ0n) is 10.5. The van der Waals surface area contributed by atoms with Crippen molar-refractivity contribution in [3.8, 4) is 0 Å². The standard InChI is InChI=1S/C13H15N3OS/c1-7(17)12-11(14)9-5-8-6-16(2)4-3-10(8)15-13(9)18-12/h5H,3-4,6,14H2,1-2H3/p+1. The average Bonchev–Trinajstić information content (AvgIpc) is 2.64. The Kier molecular flexibility index (Phi) is 2.60. The van der Waals surface area contributed by atoms with Gasteiger partial charge in [-0.3, -0.25) is 4.79 Å². The number of hydrogen-bond donors (Lipinski definition) is 2. The molecule has 18 heavy (non-hydrogen) atoms. The lowest BCUT2D eigenvalue weighted by molar-refractivity contribution is -0.895. The molecule has 0 saturated heterocycles. The van der Waals surface area contributed by atoms with E-state index in [4.69, 9.17) is 5.73 Å². The first-order valence-electron chi connectivity index (χ1n) is 6.09. The lowest BCUT2D eigenvalue weighted by Crippen LogP contribution is -3.08. The number of nitrogens with one attached hydrogen (secondary N) is 1. The van der Waals surface area contributed by atoms with Gasteiger partial charge in [0.1, 0.15) is 11.4 Å². The number of carbonyl (C=O) groups is 1. The van der Waals surface area contributed by atoms with Gasteiger partial charge in [0.2, 0.25) is 0 Å². The van der Waals surface area contributed by atoms with Gasteiger partial charge in [0.15, 0.2) is 5.78 Å². The van der Waals surface area contributed by atoms with E-state index >= 15 is 0 Å². The van der Waals surface area contributed by atoms with Gasteiger partial charge in [-0.1, -0.05) is 0 Å². The summed E-state index contributed by atoms with van der Waals surface area (Å²) in [7, 11) is 2.19. The molecule has 0 saturated carbocycles. The summed E-state index contributed by atoms with van der Waals surface area (Å²) in [6.45, 7) is 3.66. The molecule has 0 aliphatic carbocycles. The minimum atomic E-state index is 0.0243. The Hall–Kier alpha value is -1.46. The van der Waals surface area contributed by atoms with Gasteiger partial charge in [0.25, 0.3) is 0 Å². The average molecular weight is 262 g/mol. The summed E-state index contributed by atoms with van der Waals surface area (Å²) in [5.74, 6) is 0.0243. The molecule has 0 amide bonds. The van der Waals surface area contributed by atoms with Gasteiger partial charge < -0.3 is 10.6 Å². The fourth-order valence-electron chi connectivity index (χ4n) is 2.49. The topological polar surface area (TPSA) is 60.4 Å². The van der Waals surface area contributed by atoms with Crippen LogP contribution in [0, 0.1) is 0 Å². The number of nitrogen functional groups attached to an aromatic ring is 1. The number of nitrogens with zero attached hydrogens (tertiary/aromatic N) is 1. The minimum absolute atomic E-state index is 0.0243. The molecule has 3 heterocycles. The lowest BCUT2D eigenvalue weighted by atomic mass is 10.0. The fraction of sp³-hybridized carbons (Fsp3) is 0.385. The Morgan fingerprint density at radius 2 is 2.33 bits per heavy atom. The number of ketones is 1. The number of anilines is 1. The van der Waals surface area contributed by atoms with Crippen molar-refractivity contribution in [2.75, 3.05) is 19.3 Å². The fourth-order valence-corrected chi connectivity index (χ4v) is 3.49. The number of nitrogens with two attached hydrogens (primary N) is 1. The Bertz CT molecular complexity index is 647. The van der Waals surface area contributed by atoms with Gasteiger partial charge in [-0.2, -0.15) is 0 Å². The normalized spacial score (nSPS) is 18.9. The van der Waals surface area contributed by atoms with E-state index in [1.807, 2.05) is 0 Å². The van der Waals surface area contributed by atoms with Gasteiger partial charge in [-0.25, -0.2) is 4.98 Å². The number of pyridine rings is 1. The maximum absolute atomic E-state index is 11.5. The predicted octanol–water partition coefficient (Wildman–Crippen LogP) is 0.652. The van der Waals surface area contributed by atoms with Crippen LogP contribution in [0.2, 0.25) is 0 Å². The minimum Gasteiger partial charge on any atom is -0.397 e. The lowest BCUT2D eigenvalue weighted by Gasteiger charge is -2.21. The maximum atomic E-state index is 11.5. The van der Waals surface area contributed by atoms with Crippen LogP contribution in [0.5, 0.6) is 0 Å². The van der Waals surface area contributed by atoms with E-state index in [0.717, 1.165) is 29.7 Å². The van der Waals surface area contributed by atoms with E-state index in [0.29, 0.717) is 10.6 Å². The third-order valence-electron chi connectivity index (χ3n) is 3.49. The van der Waals surface area contributed by atoms with E-state index in [1.54, 1.807) is 6.92 Å². The molecule has 3 N–H and O–H groups in total. The molecular formula is C13H16N3OS+. The van der Waals surface area contributed by atoms with Crippen molar-refractivity contribution < 1.29 is 9.69 Å². The van der Waals surface area contributed by atoms with Gasteiger partial charge in [0, 0.05) is 24.3 Å². The predicted molar refractivity (Wildman–Crippen MR) is 73.2 cm³/mol. The number of Topliss-reactive ketones (excluding diaryl/α,β-unsaturated/α-hetero) is 1. The maximum Gasteiger partial charge on any atom is 0.171 e. The molecule has 0 fully saturated rings. The molecule has 0 aromatic carbocycles. The Morgan fingerprint density at radius 3 is 3.06 bits per heavy atom. The molecule has 5 heteroatoms. The molecule has 2 aromatic rings. The molecule has 4 nitrogen and oxygen atoms in total. The summed E-state index contributed by atoms with van der Waals surface area (Å²) in [5.41, 5.74) is 9.09. The summed E-state index contributed by atoms with van der Waals surface area (Å²) in [5, 5.41) is 0.943. The molecule has 0 radical (unpaired) electrons. The molecule has 1 atom stereocenters. The molecule has 1 unspecified atom stereocenters. The SMILES string of the molecule is CC(=O)c1sc2nc3c(cc2c1N)C[NH+](C)CC3. The number of thiophene rings is 1. The van der Waals surface area contributed by atoms with Crippen molar-refractivity contribution in [2.24, 2.45) is 0 Å². The summed E-state index contributed by atoms with van der Waals surface area (Å²) in [6.07, 6.45) is 1.00.